The number of nitriles is 1. The summed E-state index contributed by atoms with van der Waals surface area (Å²) in [6.07, 6.45) is 0. The van der Waals surface area contributed by atoms with E-state index in [1.807, 2.05) is 6.07 Å². The van der Waals surface area contributed by atoms with Crippen LogP contribution in [0.3, 0.4) is 0 Å². The van der Waals surface area contributed by atoms with E-state index in [0.717, 1.165) is 11.1 Å². The number of anilines is 1. The molecular formula is C13H14N2O3S. The maximum atomic E-state index is 10.9. The molecule has 0 atom stereocenters. The van der Waals surface area contributed by atoms with E-state index in [4.69, 9.17) is 9.81 Å². The van der Waals surface area contributed by atoms with Crippen molar-refractivity contribution in [2.45, 2.75) is 18.7 Å². The van der Waals surface area contributed by atoms with Gasteiger partial charge in [-0.1, -0.05) is 12.2 Å². The third-order valence-electron chi connectivity index (χ3n) is 2.55. The molecule has 0 radical (unpaired) electrons. The standard InChI is InChI=1S/C13H14N2O3S/c1-9(2)10(3)13(8-14)15-11-4-6-12(7-5-11)19(16,17)18/h4-7,15H,1H2,2-3H3,(H,16,17,18)/b13-10-. The van der Waals surface area contributed by atoms with E-state index in [9.17, 15) is 8.42 Å². The van der Waals surface area contributed by atoms with E-state index >= 15 is 0 Å². The van der Waals surface area contributed by atoms with Gasteiger partial charge in [0.1, 0.15) is 11.8 Å². The number of benzene rings is 1. The molecule has 5 nitrogen and oxygen atoms in total. The summed E-state index contributed by atoms with van der Waals surface area (Å²) in [6, 6.07) is 7.45. The van der Waals surface area contributed by atoms with Crippen molar-refractivity contribution in [1.82, 2.24) is 0 Å². The highest BCUT2D eigenvalue weighted by molar-refractivity contribution is 7.85. The van der Waals surface area contributed by atoms with Gasteiger partial charge < -0.3 is 5.32 Å². The zero-order valence-corrected chi connectivity index (χ0v) is 11.5. The molecule has 0 aliphatic rings. The maximum Gasteiger partial charge on any atom is 0.294 e. The lowest BCUT2D eigenvalue weighted by atomic mass is 10.1. The van der Waals surface area contributed by atoms with Crippen molar-refractivity contribution >= 4 is 15.8 Å². The molecule has 0 saturated carbocycles. The average molecular weight is 278 g/mol. The Morgan fingerprint density at radius 2 is 1.84 bits per heavy atom. The van der Waals surface area contributed by atoms with Crippen LogP contribution in [0.25, 0.3) is 0 Å². The number of hydrogen-bond acceptors (Lipinski definition) is 4. The molecule has 0 fully saturated rings. The van der Waals surface area contributed by atoms with Gasteiger partial charge in [-0.15, -0.1) is 0 Å². The molecule has 2 N–H and O–H groups in total. The number of allylic oxidation sites excluding steroid dienone is 3. The van der Waals surface area contributed by atoms with Gasteiger partial charge in [0.25, 0.3) is 10.1 Å². The fourth-order valence-electron chi connectivity index (χ4n) is 1.27. The molecule has 19 heavy (non-hydrogen) atoms. The number of nitrogens with one attached hydrogen (secondary N) is 1. The molecule has 0 amide bonds. The lowest BCUT2D eigenvalue weighted by Gasteiger charge is -2.09. The van der Waals surface area contributed by atoms with Crippen LogP contribution >= 0.6 is 0 Å². The fraction of sp³-hybridized carbons (Fsp3) is 0.154. The molecule has 6 heteroatoms. The topological polar surface area (TPSA) is 90.2 Å². The van der Waals surface area contributed by atoms with Crippen LogP contribution < -0.4 is 5.32 Å². The number of nitrogens with zero attached hydrogens (tertiary/aromatic N) is 1. The van der Waals surface area contributed by atoms with Gasteiger partial charge in [0.05, 0.1) is 4.90 Å². The molecule has 100 valence electrons. The summed E-state index contributed by atoms with van der Waals surface area (Å²) in [5, 5.41) is 11.9. The van der Waals surface area contributed by atoms with Crippen molar-refractivity contribution in [3.05, 3.63) is 47.7 Å². The number of rotatable bonds is 4. The third kappa shape index (κ3) is 3.95. The van der Waals surface area contributed by atoms with Crippen molar-refractivity contribution in [1.29, 1.82) is 5.26 Å². The Hall–Kier alpha value is -2.10. The van der Waals surface area contributed by atoms with Crippen molar-refractivity contribution in [3.8, 4) is 6.07 Å². The van der Waals surface area contributed by atoms with Crippen LogP contribution in [0.15, 0.2) is 52.6 Å². The van der Waals surface area contributed by atoms with Crippen molar-refractivity contribution in [3.63, 3.8) is 0 Å². The highest BCUT2D eigenvalue weighted by atomic mass is 32.2. The molecule has 0 aliphatic heterocycles. The fourth-order valence-corrected chi connectivity index (χ4v) is 1.75. The maximum absolute atomic E-state index is 10.9. The van der Waals surface area contributed by atoms with E-state index < -0.39 is 10.1 Å². The summed E-state index contributed by atoms with van der Waals surface area (Å²) in [4.78, 5) is -0.197. The predicted molar refractivity (Wildman–Crippen MR) is 73.0 cm³/mol. The normalized spacial score (nSPS) is 12.3. The Morgan fingerprint density at radius 3 is 2.21 bits per heavy atom. The lowest BCUT2D eigenvalue weighted by Crippen LogP contribution is -2.02. The predicted octanol–water partition coefficient (Wildman–Crippen LogP) is 2.72. The van der Waals surface area contributed by atoms with Crippen LogP contribution in [0.2, 0.25) is 0 Å². The second-order valence-corrected chi connectivity index (χ2v) is 5.44. The first-order valence-corrected chi connectivity index (χ1v) is 6.81. The first-order valence-electron chi connectivity index (χ1n) is 5.37. The highest BCUT2D eigenvalue weighted by Gasteiger charge is 2.09. The number of hydrogen-bond donors (Lipinski definition) is 2. The summed E-state index contributed by atoms with van der Waals surface area (Å²) in [5.74, 6) is 0. The van der Waals surface area contributed by atoms with Crippen LogP contribution in [0.1, 0.15) is 13.8 Å². The SMILES string of the molecule is C=C(C)/C(C)=C(/C#N)Nc1ccc(S(=O)(=O)O)cc1. The Morgan fingerprint density at radius 1 is 1.32 bits per heavy atom. The van der Waals surface area contributed by atoms with Gasteiger partial charge in [-0.3, -0.25) is 4.55 Å². The molecule has 0 unspecified atom stereocenters. The smallest absolute Gasteiger partial charge is 0.294 e. The summed E-state index contributed by atoms with van der Waals surface area (Å²) >= 11 is 0. The van der Waals surface area contributed by atoms with E-state index in [1.54, 1.807) is 13.8 Å². The van der Waals surface area contributed by atoms with Crippen LogP contribution in [0.4, 0.5) is 5.69 Å². The first kappa shape index (κ1) is 15.0. The monoisotopic (exact) mass is 278 g/mol. The van der Waals surface area contributed by atoms with Gasteiger partial charge in [0.2, 0.25) is 0 Å². The summed E-state index contributed by atoms with van der Waals surface area (Å²) in [7, 11) is -4.20. The van der Waals surface area contributed by atoms with Gasteiger partial charge in [-0.2, -0.15) is 13.7 Å². The van der Waals surface area contributed by atoms with Gasteiger partial charge in [0, 0.05) is 5.69 Å². The molecule has 0 spiro atoms. The molecule has 1 aromatic rings. The minimum absolute atomic E-state index is 0.197. The van der Waals surface area contributed by atoms with Crippen molar-refractivity contribution in [2.75, 3.05) is 5.32 Å². The van der Waals surface area contributed by atoms with Crippen LogP contribution in [0, 0.1) is 11.3 Å². The summed E-state index contributed by atoms with van der Waals surface area (Å²) < 4.78 is 30.6. The Balaban J connectivity index is 3.05. The quantitative estimate of drug-likeness (QED) is 0.502. The molecule has 0 aromatic heterocycles. The first-order chi connectivity index (χ1) is 8.75. The zero-order chi connectivity index (χ0) is 14.6. The largest absolute Gasteiger partial charge is 0.347 e. The zero-order valence-electron chi connectivity index (χ0n) is 10.6. The molecule has 0 saturated heterocycles. The Kier molecular flexibility index (Phi) is 4.48. The average Bonchev–Trinajstić information content (AvgIpc) is 2.34. The van der Waals surface area contributed by atoms with Gasteiger partial charge in [-0.25, -0.2) is 0 Å². The molecule has 0 aliphatic carbocycles. The molecule has 0 heterocycles. The van der Waals surface area contributed by atoms with Gasteiger partial charge in [-0.05, 0) is 43.7 Å². The summed E-state index contributed by atoms with van der Waals surface area (Å²) in [6.45, 7) is 7.30. The molecule has 1 rings (SSSR count). The lowest BCUT2D eigenvalue weighted by molar-refractivity contribution is 0.483. The molecule has 1 aromatic carbocycles. The third-order valence-corrected chi connectivity index (χ3v) is 3.42. The van der Waals surface area contributed by atoms with E-state index in [1.165, 1.54) is 24.3 Å². The minimum Gasteiger partial charge on any atom is -0.347 e. The van der Waals surface area contributed by atoms with Crippen molar-refractivity contribution in [2.24, 2.45) is 0 Å². The van der Waals surface area contributed by atoms with Crippen molar-refractivity contribution < 1.29 is 13.0 Å². The second kappa shape index (κ2) is 5.69. The Bertz CT molecular complexity index is 665. The minimum atomic E-state index is -4.20. The van der Waals surface area contributed by atoms with Gasteiger partial charge >= 0.3 is 0 Å². The van der Waals surface area contributed by atoms with E-state index in [0.29, 0.717) is 11.4 Å². The Labute approximate surface area is 112 Å². The molecular weight excluding hydrogens is 264 g/mol. The van der Waals surface area contributed by atoms with Crippen LogP contribution in [0.5, 0.6) is 0 Å². The van der Waals surface area contributed by atoms with Gasteiger partial charge in [0.15, 0.2) is 0 Å². The van der Waals surface area contributed by atoms with E-state index in [-0.39, 0.29) is 4.90 Å². The van der Waals surface area contributed by atoms with E-state index in [2.05, 4.69) is 11.9 Å². The molecule has 0 bridgehead atoms. The second-order valence-electron chi connectivity index (χ2n) is 4.02. The van der Waals surface area contributed by atoms with Crippen LogP contribution in [-0.2, 0) is 10.1 Å². The van der Waals surface area contributed by atoms with Crippen LogP contribution in [-0.4, -0.2) is 13.0 Å². The highest BCUT2D eigenvalue weighted by Crippen LogP contribution is 2.18. The summed E-state index contributed by atoms with van der Waals surface area (Å²) in [5.41, 5.74) is 2.37.